The quantitative estimate of drug-likeness (QED) is 0.891. The van der Waals surface area contributed by atoms with Gasteiger partial charge < -0.3 is 20.3 Å². The van der Waals surface area contributed by atoms with Crippen molar-refractivity contribution in [1.29, 1.82) is 0 Å². The summed E-state index contributed by atoms with van der Waals surface area (Å²) < 4.78 is 5.11. The van der Waals surface area contributed by atoms with E-state index < -0.39 is 0 Å². The van der Waals surface area contributed by atoms with Crippen LogP contribution in [0.5, 0.6) is 5.75 Å². The van der Waals surface area contributed by atoms with Crippen molar-refractivity contribution in [3.8, 4) is 5.75 Å². The van der Waals surface area contributed by atoms with E-state index in [-0.39, 0.29) is 24.0 Å². The lowest BCUT2D eigenvalue weighted by molar-refractivity contribution is -0.125. The van der Waals surface area contributed by atoms with Crippen LogP contribution in [0.4, 0.5) is 10.5 Å². The van der Waals surface area contributed by atoms with Crippen molar-refractivity contribution in [2.24, 2.45) is 0 Å². The number of nitrogens with one attached hydrogen (secondary N) is 2. The smallest absolute Gasteiger partial charge is 0.322 e. The second kappa shape index (κ2) is 7.55. The number of benzene rings is 1. The molecule has 0 aromatic heterocycles. The molecule has 2 fully saturated rings. The minimum absolute atomic E-state index is 0.00993. The number of amides is 3. The molecule has 6 nitrogen and oxygen atoms in total. The van der Waals surface area contributed by atoms with E-state index in [4.69, 9.17) is 4.74 Å². The number of nitrogens with zero attached hydrogens (tertiary/aromatic N) is 1. The average molecular weight is 331 g/mol. The zero-order valence-corrected chi connectivity index (χ0v) is 14.1. The summed E-state index contributed by atoms with van der Waals surface area (Å²) in [5.74, 6) is 0.729. The largest absolute Gasteiger partial charge is 0.497 e. The first-order valence-corrected chi connectivity index (χ1v) is 8.69. The molecule has 1 atom stereocenters. The van der Waals surface area contributed by atoms with Crippen LogP contribution < -0.4 is 15.4 Å². The number of likely N-dealkylation sites (tertiary alicyclic amines) is 1. The highest BCUT2D eigenvalue weighted by Crippen LogP contribution is 2.22. The predicted molar refractivity (Wildman–Crippen MR) is 92.1 cm³/mol. The van der Waals surface area contributed by atoms with Gasteiger partial charge in [-0.1, -0.05) is 12.8 Å². The van der Waals surface area contributed by atoms with Gasteiger partial charge in [0.1, 0.15) is 11.8 Å². The molecule has 24 heavy (non-hydrogen) atoms. The SMILES string of the molecule is COc1ccc(NC(=O)N2CCC[C@@H]2C(=O)NC2CCCC2)cc1. The van der Waals surface area contributed by atoms with Crippen LogP contribution in [0, 0.1) is 0 Å². The number of carbonyl (C=O) groups is 2. The maximum Gasteiger partial charge on any atom is 0.322 e. The summed E-state index contributed by atoms with van der Waals surface area (Å²) >= 11 is 0. The minimum Gasteiger partial charge on any atom is -0.497 e. The molecule has 2 N–H and O–H groups in total. The van der Waals surface area contributed by atoms with Crippen LogP contribution in [0.1, 0.15) is 38.5 Å². The molecule has 1 saturated carbocycles. The molecule has 130 valence electrons. The summed E-state index contributed by atoms with van der Waals surface area (Å²) in [7, 11) is 1.60. The third-order valence-electron chi connectivity index (χ3n) is 4.86. The maximum absolute atomic E-state index is 12.5. The van der Waals surface area contributed by atoms with E-state index in [0.717, 1.165) is 31.4 Å². The summed E-state index contributed by atoms with van der Waals surface area (Å²) in [6, 6.07) is 6.88. The Balaban J connectivity index is 1.58. The molecule has 0 spiro atoms. The summed E-state index contributed by atoms with van der Waals surface area (Å²) in [5.41, 5.74) is 0.697. The Morgan fingerprint density at radius 3 is 2.46 bits per heavy atom. The van der Waals surface area contributed by atoms with Crippen molar-refractivity contribution in [3.63, 3.8) is 0 Å². The Hall–Kier alpha value is -2.24. The first-order chi connectivity index (χ1) is 11.7. The van der Waals surface area contributed by atoms with Crippen molar-refractivity contribution in [3.05, 3.63) is 24.3 Å². The van der Waals surface area contributed by atoms with Gasteiger partial charge in [-0.15, -0.1) is 0 Å². The number of ether oxygens (including phenoxy) is 1. The monoisotopic (exact) mass is 331 g/mol. The highest BCUT2D eigenvalue weighted by Gasteiger charge is 2.35. The minimum atomic E-state index is -0.358. The Kier molecular flexibility index (Phi) is 5.23. The second-order valence-corrected chi connectivity index (χ2v) is 6.50. The van der Waals surface area contributed by atoms with Crippen molar-refractivity contribution in [1.82, 2.24) is 10.2 Å². The molecule has 6 heteroatoms. The molecule has 3 rings (SSSR count). The third kappa shape index (κ3) is 3.80. The molecule has 0 radical (unpaired) electrons. The van der Waals surface area contributed by atoms with Crippen LogP contribution in [-0.4, -0.2) is 42.6 Å². The molecule has 1 aliphatic carbocycles. The first-order valence-electron chi connectivity index (χ1n) is 8.69. The predicted octanol–water partition coefficient (Wildman–Crippen LogP) is 2.75. The van der Waals surface area contributed by atoms with Gasteiger partial charge in [-0.3, -0.25) is 4.79 Å². The zero-order chi connectivity index (χ0) is 16.9. The number of hydrogen-bond donors (Lipinski definition) is 2. The summed E-state index contributed by atoms with van der Waals surface area (Å²) in [4.78, 5) is 26.7. The van der Waals surface area contributed by atoms with Gasteiger partial charge in [0.05, 0.1) is 7.11 Å². The summed E-state index contributed by atoms with van der Waals surface area (Å²) in [6.07, 6.45) is 6.05. The molecule has 0 bridgehead atoms. The van der Waals surface area contributed by atoms with Crippen LogP contribution in [0.25, 0.3) is 0 Å². The van der Waals surface area contributed by atoms with Gasteiger partial charge in [0.15, 0.2) is 0 Å². The molecule has 1 aliphatic heterocycles. The molecular formula is C18H25N3O3. The normalized spacial score (nSPS) is 20.9. The van der Waals surface area contributed by atoms with Gasteiger partial charge in [0.25, 0.3) is 0 Å². The van der Waals surface area contributed by atoms with Crippen LogP contribution in [-0.2, 0) is 4.79 Å². The lowest BCUT2D eigenvalue weighted by Gasteiger charge is -2.25. The van der Waals surface area contributed by atoms with Gasteiger partial charge in [0.2, 0.25) is 5.91 Å². The number of urea groups is 1. The average Bonchev–Trinajstić information content (AvgIpc) is 3.27. The van der Waals surface area contributed by atoms with Gasteiger partial charge in [-0.2, -0.15) is 0 Å². The molecule has 2 aliphatic rings. The van der Waals surface area contributed by atoms with Crippen molar-refractivity contribution in [2.75, 3.05) is 19.0 Å². The Labute approximate surface area is 142 Å². The topological polar surface area (TPSA) is 70.7 Å². The van der Waals surface area contributed by atoms with E-state index in [1.54, 1.807) is 36.3 Å². The van der Waals surface area contributed by atoms with Gasteiger partial charge in [0, 0.05) is 18.3 Å². The Morgan fingerprint density at radius 2 is 1.79 bits per heavy atom. The van der Waals surface area contributed by atoms with Crippen molar-refractivity contribution >= 4 is 17.6 Å². The lowest BCUT2D eigenvalue weighted by atomic mass is 10.1. The van der Waals surface area contributed by atoms with E-state index in [1.165, 1.54) is 12.8 Å². The number of methoxy groups -OCH3 is 1. The van der Waals surface area contributed by atoms with E-state index >= 15 is 0 Å². The van der Waals surface area contributed by atoms with Gasteiger partial charge >= 0.3 is 6.03 Å². The standard InChI is InChI=1S/C18H25N3O3/c1-24-15-10-8-14(9-11-15)20-18(23)21-12-4-7-16(21)17(22)19-13-5-2-3-6-13/h8-11,13,16H,2-7,12H2,1H3,(H,19,22)(H,20,23)/t16-/m1/s1. The highest BCUT2D eigenvalue weighted by atomic mass is 16.5. The van der Waals surface area contributed by atoms with E-state index in [2.05, 4.69) is 10.6 Å². The molecule has 1 aromatic rings. The van der Waals surface area contributed by atoms with Gasteiger partial charge in [-0.05, 0) is 49.9 Å². The fourth-order valence-corrected chi connectivity index (χ4v) is 3.52. The maximum atomic E-state index is 12.5. The second-order valence-electron chi connectivity index (χ2n) is 6.50. The lowest BCUT2D eigenvalue weighted by Crippen LogP contribution is -2.49. The van der Waals surface area contributed by atoms with E-state index in [0.29, 0.717) is 12.2 Å². The van der Waals surface area contributed by atoms with Crippen molar-refractivity contribution < 1.29 is 14.3 Å². The Bertz CT molecular complexity index is 582. The molecule has 1 aromatic carbocycles. The summed E-state index contributed by atoms with van der Waals surface area (Å²) in [6.45, 7) is 0.616. The number of anilines is 1. The first kappa shape index (κ1) is 16.6. The van der Waals surface area contributed by atoms with E-state index in [1.807, 2.05) is 0 Å². The third-order valence-corrected chi connectivity index (χ3v) is 4.86. The molecule has 1 saturated heterocycles. The molecular weight excluding hydrogens is 306 g/mol. The van der Waals surface area contributed by atoms with Gasteiger partial charge in [-0.25, -0.2) is 4.79 Å². The van der Waals surface area contributed by atoms with Crippen LogP contribution >= 0.6 is 0 Å². The number of carbonyl (C=O) groups excluding carboxylic acids is 2. The molecule has 1 heterocycles. The van der Waals surface area contributed by atoms with E-state index in [9.17, 15) is 9.59 Å². The van der Waals surface area contributed by atoms with Crippen LogP contribution in [0.2, 0.25) is 0 Å². The van der Waals surface area contributed by atoms with Crippen LogP contribution in [0.3, 0.4) is 0 Å². The summed E-state index contributed by atoms with van der Waals surface area (Å²) in [5, 5.41) is 5.97. The Morgan fingerprint density at radius 1 is 1.08 bits per heavy atom. The number of hydrogen-bond acceptors (Lipinski definition) is 3. The fraction of sp³-hybridized carbons (Fsp3) is 0.556. The highest BCUT2D eigenvalue weighted by molar-refractivity contribution is 5.94. The molecule has 0 unspecified atom stereocenters. The van der Waals surface area contributed by atoms with Crippen molar-refractivity contribution in [2.45, 2.75) is 50.6 Å². The van der Waals surface area contributed by atoms with Crippen LogP contribution in [0.15, 0.2) is 24.3 Å². The molecule has 3 amide bonds. The fourth-order valence-electron chi connectivity index (χ4n) is 3.52. The number of rotatable bonds is 4. The zero-order valence-electron chi connectivity index (χ0n) is 14.1.